The smallest absolute Gasteiger partial charge is 0.256 e. The number of carbonyl (C=O) groups excluding carboxylic acids is 2. The third kappa shape index (κ3) is 4.36. The van der Waals surface area contributed by atoms with Crippen molar-refractivity contribution in [2.75, 3.05) is 10.6 Å². The molecule has 2 N–H and O–H groups in total. The Morgan fingerprint density at radius 3 is 2.40 bits per heavy atom. The minimum atomic E-state index is -0.280. The molecule has 0 aliphatic carbocycles. The number of pyridine rings is 2. The lowest BCUT2D eigenvalue weighted by Gasteiger charge is -2.12. The van der Waals surface area contributed by atoms with Gasteiger partial charge < -0.3 is 10.6 Å². The second kappa shape index (κ2) is 8.42. The third-order valence-electron chi connectivity index (χ3n) is 4.38. The average Bonchev–Trinajstić information content (AvgIpc) is 2.73. The van der Waals surface area contributed by atoms with Gasteiger partial charge in [0.1, 0.15) is 0 Å². The molecular weight excluding hydrogens is 444 g/mol. The van der Waals surface area contributed by atoms with Crippen molar-refractivity contribution in [2.45, 2.75) is 6.92 Å². The van der Waals surface area contributed by atoms with Gasteiger partial charge >= 0.3 is 0 Å². The summed E-state index contributed by atoms with van der Waals surface area (Å²) in [5.74, 6) is -0.457. The minimum absolute atomic E-state index is 0.177. The molecule has 2 heterocycles. The number of fused-ring (bicyclic) bond motifs is 1. The van der Waals surface area contributed by atoms with Crippen LogP contribution in [0.3, 0.4) is 0 Å². The molecule has 0 fully saturated rings. The van der Waals surface area contributed by atoms with Crippen LogP contribution in [-0.4, -0.2) is 21.8 Å². The van der Waals surface area contributed by atoms with Crippen LogP contribution in [0.2, 0.25) is 0 Å². The fourth-order valence-corrected chi connectivity index (χ4v) is 3.47. The topological polar surface area (TPSA) is 84.0 Å². The lowest BCUT2D eigenvalue weighted by Crippen LogP contribution is -2.14. The number of hydrogen-bond donors (Lipinski definition) is 2. The number of nitrogens with zero attached hydrogens (tertiary/aromatic N) is 2. The highest BCUT2D eigenvalue weighted by Gasteiger charge is 2.15. The van der Waals surface area contributed by atoms with Crippen molar-refractivity contribution in [3.63, 3.8) is 0 Å². The van der Waals surface area contributed by atoms with Crippen LogP contribution in [-0.2, 0) is 4.79 Å². The number of rotatable bonds is 4. The number of aromatic nitrogens is 2. The first-order chi connectivity index (χ1) is 14.5. The van der Waals surface area contributed by atoms with Crippen LogP contribution in [0.5, 0.6) is 0 Å². The molecule has 0 atom stereocenters. The SMILES string of the molecule is CC(=O)Nc1cccc(NC(=O)c2cc(-c3ccccn3)nc3ccc(Br)cc23)c1. The van der Waals surface area contributed by atoms with Gasteiger partial charge in [-0.15, -0.1) is 0 Å². The predicted molar refractivity (Wildman–Crippen MR) is 121 cm³/mol. The number of halogens is 1. The van der Waals surface area contributed by atoms with E-state index in [2.05, 4.69) is 36.5 Å². The number of amides is 2. The van der Waals surface area contributed by atoms with E-state index in [4.69, 9.17) is 0 Å². The van der Waals surface area contributed by atoms with Gasteiger partial charge in [-0.05, 0) is 54.6 Å². The van der Waals surface area contributed by atoms with E-state index in [-0.39, 0.29) is 11.8 Å². The monoisotopic (exact) mass is 460 g/mol. The summed E-state index contributed by atoms with van der Waals surface area (Å²) in [6, 6.07) is 19.9. The number of carbonyl (C=O) groups is 2. The number of benzene rings is 2. The van der Waals surface area contributed by atoms with Crippen molar-refractivity contribution in [1.29, 1.82) is 0 Å². The molecule has 30 heavy (non-hydrogen) atoms. The zero-order valence-corrected chi connectivity index (χ0v) is 17.6. The summed E-state index contributed by atoms with van der Waals surface area (Å²) >= 11 is 3.47. The van der Waals surface area contributed by atoms with Gasteiger partial charge in [-0.3, -0.25) is 14.6 Å². The number of nitrogens with one attached hydrogen (secondary N) is 2. The van der Waals surface area contributed by atoms with E-state index in [1.165, 1.54) is 6.92 Å². The van der Waals surface area contributed by atoms with Gasteiger partial charge in [-0.2, -0.15) is 0 Å². The molecule has 4 rings (SSSR count). The molecule has 2 aromatic heterocycles. The van der Waals surface area contributed by atoms with E-state index in [0.29, 0.717) is 33.8 Å². The highest BCUT2D eigenvalue weighted by molar-refractivity contribution is 9.10. The fourth-order valence-electron chi connectivity index (χ4n) is 3.11. The largest absolute Gasteiger partial charge is 0.326 e. The molecular formula is C23H17BrN4O2. The molecule has 148 valence electrons. The summed E-state index contributed by atoms with van der Waals surface area (Å²) in [6.45, 7) is 1.44. The normalized spacial score (nSPS) is 10.6. The first-order valence-electron chi connectivity index (χ1n) is 9.20. The Bertz CT molecular complexity index is 1260. The summed E-state index contributed by atoms with van der Waals surface area (Å²) in [6.07, 6.45) is 1.69. The molecule has 0 unspecified atom stereocenters. The second-order valence-corrected chi connectivity index (χ2v) is 7.56. The van der Waals surface area contributed by atoms with E-state index < -0.39 is 0 Å². The minimum Gasteiger partial charge on any atom is -0.326 e. The zero-order valence-electron chi connectivity index (χ0n) is 16.0. The Labute approximate surface area is 181 Å². The number of anilines is 2. The van der Waals surface area contributed by atoms with Crippen LogP contribution in [0.1, 0.15) is 17.3 Å². The van der Waals surface area contributed by atoms with Crippen LogP contribution in [0, 0.1) is 0 Å². The summed E-state index contributed by atoms with van der Waals surface area (Å²) in [4.78, 5) is 33.5. The Morgan fingerprint density at radius 1 is 0.867 bits per heavy atom. The van der Waals surface area contributed by atoms with Gasteiger partial charge in [-0.25, -0.2) is 4.98 Å². The quantitative estimate of drug-likeness (QED) is 0.434. The van der Waals surface area contributed by atoms with Gasteiger partial charge in [-0.1, -0.05) is 28.1 Å². The zero-order chi connectivity index (χ0) is 21.1. The second-order valence-electron chi connectivity index (χ2n) is 6.65. The molecule has 0 radical (unpaired) electrons. The maximum atomic E-state index is 13.2. The van der Waals surface area contributed by atoms with Gasteiger partial charge in [0.25, 0.3) is 5.91 Å². The molecule has 7 heteroatoms. The molecule has 2 aromatic carbocycles. The van der Waals surface area contributed by atoms with Crippen molar-refractivity contribution in [3.05, 3.63) is 83.0 Å². The molecule has 2 amide bonds. The molecule has 6 nitrogen and oxygen atoms in total. The van der Waals surface area contributed by atoms with Crippen LogP contribution >= 0.6 is 15.9 Å². The van der Waals surface area contributed by atoms with E-state index in [0.717, 1.165) is 9.86 Å². The highest BCUT2D eigenvalue weighted by Crippen LogP contribution is 2.27. The Morgan fingerprint density at radius 2 is 1.67 bits per heavy atom. The Balaban J connectivity index is 1.76. The summed E-state index contributed by atoms with van der Waals surface area (Å²) < 4.78 is 0.851. The lowest BCUT2D eigenvalue weighted by molar-refractivity contribution is -0.114. The third-order valence-corrected chi connectivity index (χ3v) is 4.88. The van der Waals surface area contributed by atoms with Crippen molar-refractivity contribution in [3.8, 4) is 11.4 Å². The molecule has 0 saturated carbocycles. The van der Waals surface area contributed by atoms with E-state index in [9.17, 15) is 9.59 Å². The molecule has 0 aliphatic heterocycles. The maximum absolute atomic E-state index is 13.2. The first kappa shape index (κ1) is 19.7. The van der Waals surface area contributed by atoms with Crippen LogP contribution in [0.4, 0.5) is 11.4 Å². The van der Waals surface area contributed by atoms with E-state index >= 15 is 0 Å². The molecule has 0 bridgehead atoms. The molecule has 4 aromatic rings. The molecule has 0 saturated heterocycles. The van der Waals surface area contributed by atoms with E-state index in [1.54, 1.807) is 36.5 Å². The average molecular weight is 461 g/mol. The number of hydrogen-bond acceptors (Lipinski definition) is 4. The van der Waals surface area contributed by atoms with E-state index in [1.807, 2.05) is 36.4 Å². The van der Waals surface area contributed by atoms with Gasteiger partial charge in [0.05, 0.1) is 22.5 Å². The summed E-state index contributed by atoms with van der Waals surface area (Å²) in [7, 11) is 0. The summed E-state index contributed by atoms with van der Waals surface area (Å²) in [5, 5.41) is 6.34. The van der Waals surface area contributed by atoms with Crippen LogP contribution in [0.25, 0.3) is 22.3 Å². The van der Waals surface area contributed by atoms with Gasteiger partial charge in [0.2, 0.25) is 5.91 Å². The molecule has 0 spiro atoms. The lowest BCUT2D eigenvalue weighted by atomic mass is 10.1. The maximum Gasteiger partial charge on any atom is 0.256 e. The Hall–Kier alpha value is -3.58. The van der Waals surface area contributed by atoms with Crippen molar-refractivity contribution >= 4 is 50.0 Å². The van der Waals surface area contributed by atoms with Crippen molar-refractivity contribution < 1.29 is 9.59 Å². The Kier molecular flexibility index (Phi) is 5.54. The first-order valence-corrected chi connectivity index (χ1v) is 9.99. The van der Waals surface area contributed by atoms with Gasteiger partial charge in [0, 0.05) is 34.4 Å². The fraction of sp³-hybridized carbons (Fsp3) is 0.0435. The van der Waals surface area contributed by atoms with Crippen molar-refractivity contribution in [2.24, 2.45) is 0 Å². The van der Waals surface area contributed by atoms with Gasteiger partial charge in [0.15, 0.2) is 0 Å². The highest BCUT2D eigenvalue weighted by atomic mass is 79.9. The standard InChI is InChI=1S/C23H17BrN4O2/c1-14(29)26-16-5-4-6-17(12-16)27-23(30)19-13-22(21-7-2-3-10-25-21)28-20-9-8-15(24)11-18(19)20/h2-13H,1H3,(H,26,29)(H,27,30). The molecule has 0 aliphatic rings. The predicted octanol–water partition coefficient (Wildman–Crippen LogP) is 5.27. The van der Waals surface area contributed by atoms with Crippen molar-refractivity contribution in [1.82, 2.24) is 9.97 Å². The summed E-state index contributed by atoms with van der Waals surface area (Å²) in [5.41, 5.74) is 3.65. The van der Waals surface area contributed by atoms with Crippen LogP contribution < -0.4 is 10.6 Å². The van der Waals surface area contributed by atoms with Crippen LogP contribution in [0.15, 0.2) is 77.4 Å².